The molecule has 1 aliphatic heterocycles. The van der Waals surface area contributed by atoms with Crippen molar-refractivity contribution in [1.29, 1.82) is 0 Å². The lowest BCUT2D eigenvalue weighted by Gasteiger charge is -2.36. The van der Waals surface area contributed by atoms with E-state index in [0.29, 0.717) is 5.78 Å². The van der Waals surface area contributed by atoms with E-state index in [4.69, 9.17) is 0 Å². The quantitative estimate of drug-likeness (QED) is 0.582. The van der Waals surface area contributed by atoms with E-state index in [2.05, 4.69) is 11.8 Å². The van der Waals surface area contributed by atoms with Crippen molar-refractivity contribution < 1.29 is 4.79 Å². The summed E-state index contributed by atoms with van der Waals surface area (Å²) in [6, 6.07) is 0. The largest absolute Gasteiger partial charge is 0.302 e. The summed E-state index contributed by atoms with van der Waals surface area (Å²) in [5, 5.41) is 0. The van der Waals surface area contributed by atoms with E-state index in [0.717, 1.165) is 18.9 Å². The topological polar surface area (TPSA) is 20.3 Å². The number of ketones is 1. The van der Waals surface area contributed by atoms with Gasteiger partial charge >= 0.3 is 0 Å². The zero-order chi connectivity index (χ0) is 7.56. The lowest BCUT2D eigenvalue weighted by atomic mass is 10.0. The third kappa shape index (κ3) is 2.10. The lowest BCUT2D eigenvalue weighted by Crippen LogP contribution is -2.45. The average molecular weight is 141 g/mol. The monoisotopic (exact) mass is 141 g/mol. The van der Waals surface area contributed by atoms with Gasteiger partial charge in [0, 0.05) is 26.1 Å². The highest BCUT2D eigenvalue weighted by Gasteiger charge is 2.21. The molecule has 0 amide bonds. The van der Waals surface area contributed by atoms with Crippen molar-refractivity contribution in [2.45, 2.75) is 20.3 Å². The van der Waals surface area contributed by atoms with Gasteiger partial charge in [0.2, 0.25) is 0 Å². The smallest absolute Gasteiger partial charge is 0.131 e. The van der Waals surface area contributed by atoms with Crippen LogP contribution in [0, 0.1) is 5.92 Å². The van der Waals surface area contributed by atoms with Gasteiger partial charge in [-0.3, -0.25) is 4.79 Å². The van der Waals surface area contributed by atoms with Crippen LogP contribution in [0.1, 0.15) is 20.3 Å². The molecule has 0 aromatic carbocycles. The molecule has 0 aliphatic carbocycles. The molecule has 1 rings (SSSR count). The van der Waals surface area contributed by atoms with Crippen molar-refractivity contribution >= 4 is 5.78 Å². The molecule has 0 bridgehead atoms. The van der Waals surface area contributed by atoms with Gasteiger partial charge in [0.15, 0.2) is 0 Å². The van der Waals surface area contributed by atoms with Crippen molar-refractivity contribution in [1.82, 2.24) is 4.90 Å². The first-order valence-corrected chi connectivity index (χ1v) is 3.90. The molecule has 0 atom stereocenters. The summed E-state index contributed by atoms with van der Waals surface area (Å²) >= 11 is 0. The molecule has 0 N–H and O–H groups in total. The molecular weight excluding hydrogens is 126 g/mol. The van der Waals surface area contributed by atoms with E-state index < -0.39 is 0 Å². The molecule has 0 unspecified atom stereocenters. The third-order valence-corrected chi connectivity index (χ3v) is 1.92. The molecular formula is C8H15NO. The van der Waals surface area contributed by atoms with Gasteiger partial charge in [0.05, 0.1) is 0 Å². The van der Waals surface area contributed by atoms with Crippen LogP contribution < -0.4 is 0 Å². The fourth-order valence-electron chi connectivity index (χ4n) is 1.33. The molecule has 2 nitrogen and oxygen atoms in total. The second-order valence-electron chi connectivity index (χ2n) is 3.32. The number of hydrogen-bond donors (Lipinski definition) is 0. The van der Waals surface area contributed by atoms with E-state index in [1.165, 1.54) is 13.1 Å². The van der Waals surface area contributed by atoms with Crippen molar-refractivity contribution in [3.63, 3.8) is 0 Å². The normalized spacial score (nSPS) is 20.6. The minimum atomic E-state index is 0.305. The van der Waals surface area contributed by atoms with Crippen LogP contribution in [0.15, 0.2) is 0 Å². The van der Waals surface area contributed by atoms with E-state index in [1.807, 2.05) is 0 Å². The zero-order valence-corrected chi connectivity index (χ0v) is 6.76. The highest BCUT2D eigenvalue weighted by molar-refractivity contribution is 5.75. The van der Waals surface area contributed by atoms with Crippen LogP contribution in [0.25, 0.3) is 0 Å². The Kier molecular flexibility index (Phi) is 2.44. The van der Waals surface area contributed by atoms with Gasteiger partial charge in [-0.15, -0.1) is 0 Å². The van der Waals surface area contributed by atoms with Crippen molar-refractivity contribution in [2.24, 2.45) is 5.92 Å². The standard InChI is InChI=1S/C8H15NO/c1-7-5-9(6-7)4-3-8(2)10/h7H,3-6H2,1-2H3. The molecule has 0 spiro atoms. The molecule has 1 aliphatic rings. The Morgan fingerprint density at radius 3 is 2.60 bits per heavy atom. The van der Waals surface area contributed by atoms with Gasteiger partial charge < -0.3 is 4.90 Å². The number of rotatable bonds is 3. The second-order valence-corrected chi connectivity index (χ2v) is 3.32. The molecule has 0 aromatic heterocycles. The SMILES string of the molecule is CC(=O)CCN1CC(C)C1. The van der Waals surface area contributed by atoms with Gasteiger partial charge in [0.25, 0.3) is 0 Å². The number of nitrogens with zero attached hydrogens (tertiary/aromatic N) is 1. The lowest BCUT2D eigenvalue weighted by molar-refractivity contribution is -0.117. The van der Waals surface area contributed by atoms with E-state index >= 15 is 0 Å². The Bertz CT molecular complexity index is 127. The summed E-state index contributed by atoms with van der Waals surface area (Å²) in [5.41, 5.74) is 0. The summed E-state index contributed by atoms with van der Waals surface area (Å²) in [6.45, 7) is 7.24. The zero-order valence-electron chi connectivity index (χ0n) is 6.76. The number of Topliss-reactive ketones (excluding diaryl/α,β-unsaturated/α-hetero) is 1. The van der Waals surface area contributed by atoms with Crippen LogP contribution in [0.2, 0.25) is 0 Å². The predicted molar refractivity (Wildman–Crippen MR) is 40.9 cm³/mol. The highest BCUT2D eigenvalue weighted by atomic mass is 16.1. The minimum Gasteiger partial charge on any atom is -0.302 e. The summed E-state index contributed by atoms with van der Waals surface area (Å²) in [5.74, 6) is 1.16. The van der Waals surface area contributed by atoms with Crippen LogP contribution in [0.3, 0.4) is 0 Å². The third-order valence-electron chi connectivity index (χ3n) is 1.92. The molecule has 0 saturated carbocycles. The Morgan fingerprint density at radius 2 is 2.20 bits per heavy atom. The summed E-state index contributed by atoms with van der Waals surface area (Å²) in [4.78, 5) is 12.9. The molecule has 2 heteroatoms. The van der Waals surface area contributed by atoms with E-state index in [1.54, 1.807) is 6.92 Å². The highest BCUT2D eigenvalue weighted by Crippen LogP contribution is 2.13. The van der Waals surface area contributed by atoms with Crippen LogP contribution in [-0.2, 0) is 4.79 Å². The second kappa shape index (κ2) is 3.15. The minimum absolute atomic E-state index is 0.305. The molecule has 0 radical (unpaired) electrons. The number of hydrogen-bond acceptors (Lipinski definition) is 2. The molecule has 1 fully saturated rings. The Labute approximate surface area is 62.2 Å². The van der Waals surface area contributed by atoms with Crippen molar-refractivity contribution in [3.8, 4) is 0 Å². The molecule has 58 valence electrons. The van der Waals surface area contributed by atoms with Gasteiger partial charge in [-0.05, 0) is 12.8 Å². The first kappa shape index (κ1) is 7.73. The fraction of sp³-hybridized carbons (Fsp3) is 0.875. The first-order valence-electron chi connectivity index (χ1n) is 3.90. The first-order chi connectivity index (χ1) is 4.68. The van der Waals surface area contributed by atoms with Gasteiger partial charge in [-0.2, -0.15) is 0 Å². The Hall–Kier alpha value is -0.370. The van der Waals surface area contributed by atoms with Gasteiger partial charge in [-0.1, -0.05) is 6.92 Å². The predicted octanol–water partition coefficient (Wildman–Crippen LogP) is 0.917. The fourth-order valence-corrected chi connectivity index (χ4v) is 1.33. The molecule has 10 heavy (non-hydrogen) atoms. The van der Waals surface area contributed by atoms with Crippen molar-refractivity contribution in [3.05, 3.63) is 0 Å². The number of likely N-dealkylation sites (tertiary alicyclic amines) is 1. The van der Waals surface area contributed by atoms with E-state index in [-0.39, 0.29) is 0 Å². The molecule has 0 aromatic rings. The van der Waals surface area contributed by atoms with Crippen LogP contribution >= 0.6 is 0 Å². The maximum absolute atomic E-state index is 10.5. The summed E-state index contributed by atoms with van der Waals surface area (Å²) in [6.07, 6.45) is 0.729. The van der Waals surface area contributed by atoms with Crippen LogP contribution in [0.4, 0.5) is 0 Å². The Balaban J connectivity index is 2.00. The maximum Gasteiger partial charge on any atom is 0.131 e. The maximum atomic E-state index is 10.5. The van der Waals surface area contributed by atoms with Gasteiger partial charge in [0.1, 0.15) is 5.78 Å². The molecule has 1 saturated heterocycles. The molecule has 1 heterocycles. The van der Waals surface area contributed by atoms with Crippen LogP contribution in [-0.4, -0.2) is 30.3 Å². The summed E-state index contributed by atoms with van der Waals surface area (Å²) < 4.78 is 0. The summed E-state index contributed by atoms with van der Waals surface area (Å²) in [7, 11) is 0. The van der Waals surface area contributed by atoms with Crippen molar-refractivity contribution in [2.75, 3.05) is 19.6 Å². The number of carbonyl (C=O) groups is 1. The van der Waals surface area contributed by atoms with Crippen LogP contribution in [0.5, 0.6) is 0 Å². The average Bonchev–Trinajstić information content (AvgIpc) is 1.77. The van der Waals surface area contributed by atoms with Gasteiger partial charge in [-0.25, -0.2) is 0 Å². The van der Waals surface area contributed by atoms with E-state index in [9.17, 15) is 4.79 Å². The Morgan fingerprint density at radius 1 is 1.60 bits per heavy atom. The number of carbonyl (C=O) groups excluding carboxylic acids is 1.